The van der Waals surface area contributed by atoms with Crippen LogP contribution in [0.1, 0.15) is 19.8 Å². The van der Waals surface area contributed by atoms with Crippen LogP contribution in [0, 0.1) is 0 Å². The lowest BCUT2D eigenvalue weighted by atomic mass is 10.3. The van der Waals surface area contributed by atoms with Gasteiger partial charge in [-0.2, -0.15) is 11.8 Å². The Morgan fingerprint density at radius 2 is 1.92 bits per heavy atom. The van der Waals surface area contributed by atoms with E-state index in [-0.39, 0.29) is 5.96 Å². The molecule has 2 N–H and O–H groups in total. The van der Waals surface area contributed by atoms with E-state index < -0.39 is 10.0 Å². The van der Waals surface area contributed by atoms with E-state index in [1.54, 1.807) is 32.4 Å². The lowest BCUT2D eigenvalue weighted by molar-refractivity contribution is 0.355. The van der Waals surface area contributed by atoms with Crippen LogP contribution in [0.2, 0.25) is 0 Å². The highest BCUT2D eigenvalue weighted by Crippen LogP contribution is 2.29. The molecule has 25 heavy (non-hydrogen) atoms. The van der Waals surface area contributed by atoms with Gasteiger partial charge in [-0.15, -0.1) is 0 Å². The maximum atomic E-state index is 11.5. The first-order chi connectivity index (χ1) is 11.9. The summed E-state index contributed by atoms with van der Waals surface area (Å²) in [6.07, 6.45) is 3.12. The van der Waals surface area contributed by atoms with E-state index in [9.17, 15) is 8.42 Å². The Balaban J connectivity index is 2.79. The zero-order valence-electron chi connectivity index (χ0n) is 15.2. The number of hydrogen-bond acceptors (Lipinski definition) is 6. The molecule has 0 saturated heterocycles. The first-order valence-corrected chi connectivity index (χ1v) is 11.0. The van der Waals surface area contributed by atoms with E-state index in [1.165, 1.54) is 0 Å². The van der Waals surface area contributed by atoms with Crippen molar-refractivity contribution in [3.05, 3.63) is 18.2 Å². The summed E-state index contributed by atoms with van der Waals surface area (Å²) in [4.78, 5) is 4.33. The molecule has 0 heterocycles. The van der Waals surface area contributed by atoms with Crippen molar-refractivity contribution < 1.29 is 17.9 Å². The van der Waals surface area contributed by atoms with Gasteiger partial charge in [0.05, 0.1) is 20.5 Å². The van der Waals surface area contributed by atoms with Crippen LogP contribution in [0.25, 0.3) is 0 Å². The van der Waals surface area contributed by atoms with Gasteiger partial charge >= 0.3 is 0 Å². The summed E-state index contributed by atoms with van der Waals surface area (Å²) in [5.41, 5.74) is 0.646. The third-order valence-corrected chi connectivity index (χ3v) is 4.83. The van der Waals surface area contributed by atoms with E-state index in [4.69, 9.17) is 9.47 Å². The molecule has 9 heteroatoms. The normalized spacial score (nSPS) is 11.9. The van der Waals surface area contributed by atoms with Gasteiger partial charge in [0.15, 0.2) is 11.5 Å². The average Bonchev–Trinajstić information content (AvgIpc) is 2.56. The molecule has 1 aromatic rings. The minimum atomic E-state index is -3.43. The summed E-state index contributed by atoms with van der Waals surface area (Å²) in [6.45, 7) is 2.68. The molecule has 0 unspecified atom stereocenters. The molecule has 0 aliphatic heterocycles. The number of methoxy groups -OCH3 is 2. The van der Waals surface area contributed by atoms with Crippen LogP contribution in [-0.4, -0.2) is 52.9 Å². The molecule has 0 aromatic heterocycles. The molecule has 0 aliphatic rings. The molecule has 0 atom stereocenters. The van der Waals surface area contributed by atoms with Crippen molar-refractivity contribution in [2.24, 2.45) is 4.99 Å². The Kier molecular flexibility index (Phi) is 9.51. The molecule has 0 radical (unpaired) electrons. The molecule has 0 aliphatic carbocycles. The lowest BCUT2D eigenvalue weighted by Gasteiger charge is -2.13. The molecule has 0 fully saturated rings. The molecular weight excluding hydrogens is 362 g/mol. The molecule has 0 bridgehead atoms. The molecule has 1 rings (SSSR count). The van der Waals surface area contributed by atoms with Gasteiger partial charge < -0.3 is 14.8 Å². The van der Waals surface area contributed by atoms with Crippen LogP contribution in [0.5, 0.6) is 11.5 Å². The fourth-order valence-electron chi connectivity index (χ4n) is 1.93. The minimum absolute atomic E-state index is 0.190. The number of nitrogens with one attached hydrogen (secondary N) is 2. The highest BCUT2D eigenvalue weighted by Gasteiger charge is 2.09. The predicted octanol–water partition coefficient (Wildman–Crippen LogP) is 2.55. The highest BCUT2D eigenvalue weighted by molar-refractivity contribution is 7.99. The summed E-state index contributed by atoms with van der Waals surface area (Å²) < 4.78 is 35.9. The van der Waals surface area contributed by atoms with Crippen molar-refractivity contribution in [3.8, 4) is 11.5 Å². The topological polar surface area (TPSA) is 89.0 Å². The van der Waals surface area contributed by atoms with E-state index >= 15 is 0 Å². The molecule has 0 amide bonds. The number of benzene rings is 1. The standard InChI is InChI=1S/C16H27N3O4S2/c1-5-10-24-11-6-9-17-16(19-25(4,20)21)18-13-7-8-14(22-2)15(12-13)23-3/h7-8,12H,5-6,9-11H2,1-4H3,(H2,17,18,19). The number of nitrogens with zero attached hydrogens (tertiary/aromatic N) is 1. The van der Waals surface area contributed by atoms with Crippen LogP contribution < -0.4 is 19.5 Å². The first kappa shape index (κ1) is 21.4. The fraction of sp³-hybridized carbons (Fsp3) is 0.562. The van der Waals surface area contributed by atoms with Crippen LogP contribution in [0.15, 0.2) is 23.2 Å². The van der Waals surface area contributed by atoms with Crippen molar-refractivity contribution in [1.82, 2.24) is 4.72 Å². The maximum Gasteiger partial charge on any atom is 0.232 e. The molecule has 1 aromatic carbocycles. The molecule has 0 saturated carbocycles. The molecule has 0 spiro atoms. The van der Waals surface area contributed by atoms with Gasteiger partial charge in [-0.05, 0) is 36.5 Å². The van der Waals surface area contributed by atoms with E-state index in [0.29, 0.717) is 23.7 Å². The minimum Gasteiger partial charge on any atom is -0.493 e. The smallest absolute Gasteiger partial charge is 0.232 e. The Labute approximate surface area is 154 Å². The zero-order chi connectivity index (χ0) is 18.7. The second-order valence-corrected chi connectivity index (χ2v) is 8.24. The lowest BCUT2D eigenvalue weighted by Crippen LogP contribution is -2.35. The van der Waals surface area contributed by atoms with E-state index in [2.05, 4.69) is 22.0 Å². The van der Waals surface area contributed by atoms with Crippen molar-refractivity contribution in [2.45, 2.75) is 19.8 Å². The number of anilines is 1. The first-order valence-electron chi connectivity index (χ1n) is 7.98. The number of guanidine groups is 1. The van der Waals surface area contributed by atoms with Gasteiger partial charge in [0.25, 0.3) is 0 Å². The summed E-state index contributed by atoms with van der Waals surface area (Å²) >= 11 is 1.87. The van der Waals surface area contributed by atoms with E-state index in [1.807, 2.05) is 11.8 Å². The quantitative estimate of drug-likeness (QED) is 0.363. The Bertz CT molecular complexity index is 663. The number of sulfonamides is 1. The van der Waals surface area contributed by atoms with Crippen LogP contribution in [0.4, 0.5) is 5.69 Å². The SMILES string of the molecule is CCCSCCCN=C(Nc1ccc(OC)c(OC)c1)NS(C)(=O)=O. The number of aliphatic imine (C=N–C) groups is 1. The number of thioether (sulfide) groups is 1. The summed E-state index contributed by atoms with van der Waals surface area (Å²) in [6, 6.07) is 5.22. The highest BCUT2D eigenvalue weighted by atomic mass is 32.2. The van der Waals surface area contributed by atoms with Gasteiger partial charge in [-0.3, -0.25) is 9.71 Å². The number of rotatable bonds is 10. The third kappa shape index (κ3) is 8.87. The second kappa shape index (κ2) is 11.1. The number of hydrogen-bond donors (Lipinski definition) is 2. The Morgan fingerprint density at radius 1 is 1.20 bits per heavy atom. The fourth-order valence-corrected chi connectivity index (χ4v) is 3.22. The van der Waals surface area contributed by atoms with Gasteiger partial charge in [0.1, 0.15) is 0 Å². The van der Waals surface area contributed by atoms with Crippen LogP contribution in [-0.2, 0) is 10.0 Å². The van der Waals surface area contributed by atoms with Gasteiger partial charge in [0.2, 0.25) is 16.0 Å². The third-order valence-electron chi connectivity index (χ3n) is 2.99. The summed E-state index contributed by atoms with van der Waals surface area (Å²) in [5, 5.41) is 2.98. The Hall–Kier alpha value is -1.61. The van der Waals surface area contributed by atoms with Gasteiger partial charge in [-0.1, -0.05) is 6.92 Å². The maximum absolute atomic E-state index is 11.5. The van der Waals surface area contributed by atoms with Crippen LogP contribution >= 0.6 is 11.8 Å². The zero-order valence-corrected chi connectivity index (χ0v) is 16.8. The molecule has 142 valence electrons. The van der Waals surface area contributed by atoms with Crippen molar-refractivity contribution in [2.75, 3.05) is 43.8 Å². The summed E-state index contributed by atoms with van der Waals surface area (Å²) in [7, 11) is -0.332. The monoisotopic (exact) mass is 389 g/mol. The second-order valence-electron chi connectivity index (χ2n) is 5.27. The predicted molar refractivity (Wildman–Crippen MR) is 106 cm³/mol. The van der Waals surface area contributed by atoms with Gasteiger partial charge in [0, 0.05) is 18.3 Å². The number of ether oxygens (including phenoxy) is 2. The summed E-state index contributed by atoms with van der Waals surface area (Å²) in [5.74, 6) is 3.45. The van der Waals surface area contributed by atoms with Crippen LogP contribution in [0.3, 0.4) is 0 Å². The largest absolute Gasteiger partial charge is 0.493 e. The van der Waals surface area contributed by atoms with Crippen molar-refractivity contribution in [3.63, 3.8) is 0 Å². The average molecular weight is 390 g/mol. The van der Waals surface area contributed by atoms with Crippen molar-refractivity contribution >= 4 is 33.4 Å². The van der Waals surface area contributed by atoms with Gasteiger partial charge in [-0.25, -0.2) is 8.42 Å². The Morgan fingerprint density at radius 3 is 2.52 bits per heavy atom. The molecular formula is C16H27N3O4S2. The molecule has 7 nitrogen and oxygen atoms in total. The van der Waals surface area contributed by atoms with E-state index in [0.717, 1.165) is 30.6 Å². The van der Waals surface area contributed by atoms with Crippen molar-refractivity contribution in [1.29, 1.82) is 0 Å².